The van der Waals surface area contributed by atoms with Crippen LogP contribution in [-0.4, -0.2) is 26.6 Å². The van der Waals surface area contributed by atoms with Crippen molar-refractivity contribution in [2.75, 3.05) is 11.1 Å². The van der Waals surface area contributed by atoms with Crippen LogP contribution in [0.5, 0.6) is 0 Å². The molecular weight excluding hydrogens is 344 g/mol. The topological polar surface area (TPSA) is 134 Å². The highest BCUT2D eigenvalue weighted by Gasteiger charge is 2.15. The van der Waals surface area contributed by atoms with Gasteiger partial charge in [0.25, 0.3) is 5.91 Å². The fraction of sp³-hybridized carbons (Fsp3) is 0.0526. The van der Waals surface area contributed by atoms with Crippen molar-refractivity contribution in [3.05, 3.63) is 71.6 Å². The molecule has 8 nitrogen and oxygen atoms in total. The Morgan fingerprint density at radius 1 is 1.26 bits per heavy atom. The molecule has 3 heterocycles. The Morgan fingerprint density at radius 3 is 2.89 bits per heavy atom. The molecule has 134 valence electrons. The van der Waals surface area contributed by atoms with Crippen LogP contribution in [-0.2, 0) is 0 Å². The van der Waals surface area contributed by atoms with Crippen LogP contribution >= 0.6 is 0 Å². The van der Waals surface area contributed by atoms with Crippen LogP contribution < -0.4 is 11.1 Å². The highest BCUT2D eigenvalue weighted by Crippen LogP contribution is 2.22. The summed E-state index contributed by atoms with van der Waals surface area (Å²) in [7, 11) is 0. The van der Waals surface area contributed by atoms with Crippen LogP contribution in [0.15, 0.2) is 53.6 Å². The number of amides is 1. The van der Waals surface area contributed by atoms with Gasteiger partial charge in [-0.15, -0.1) is 0 Å². The number of pyridine rings is 1. The lowest BCUT2D eigenvalue weighted by Crippen LogP contribution is -2.15. The van der Waals surface area contributed by atoms with Crippen molar-refractivity contribution >= 4 is 34.2 Å². The number of rotatable bonds is 4. The number of aromatic amines is 1. The van der Waals surface area contributed by atoms with Gasteiger partial charge in [0.15, 0.2) is 5.65 Å². The van der Waals surface area contributed by atoms with E-state index >= 15 is 0 Å². The van der Waals surface area contributed by atoms with Gasteiger partial charge in [-0.25, -0.2) is 9.97 Å². The second kappa shape index (κ2) is 6.41. The molecule has 0 radical (unpaired) electrons. The second-order valence-electron chi connectivity index (χ2n) is 6.04. The van der Waals surface area contributed by atoms with Crippen molar-refractivity contribution in [1.29, 1.82) is 5.41 Å². The molecule has 4 rings (SSSR count). The number of H-pyrrole nitrogens is 1. The van der Waals surface area contributed by atoms with Gasteiger partial charge in [-0.2, -0.15) is 0 Å². The molecule has 1 amide bonds. The number of anilines is 2. The second-order valence-corrected chi connectivity index (χ2v) is 6.04. The number of hydrogen-bond acceptors (Lipinski definition) is 6. The summed E-state index contributed by atoms with van der Waals surface area (Å²) in [6, 6.07) is 8.41. The maximum atomic E-state index is 12.7. The minimum atomic E-state index is -0.304. The van der Waals surface area contributed by atoms with Gasteiger partial charge >= 0.3 is 0 Å². The van der Waals surface area contributed by atoms with E-state index in [0.29, 0.717) is 44.9 Å². The van der Waals surface area contributed by atoms with Gasteiger partial charge in [-0.3, -0.25) is 10.2 Å². The van der Waals surface area contributed by atoms with E-state index in [2.05, 4.69) is 20.3 Å². The number of carbonyl (C=O) groups is 1. The number of nitrogens with zero attached hydrogens (tertiary/aromatic N) is 2. The normalized spacial score (nSPS) is 10.9. The molecule has 3 aromatic heterocycles. The minimum Gasteiger partial charge on any atom is -0.472 e. The average molecular weight is 360 g/mol. The van der Waals surface area contributed by atoms with E-state index < -0.39 is 0 Å². The number of aromatic nitrogens is 3. The van der Waals surface area contributed by atoms with E-state index in [1.54, 1.807) is 37.3 Å². The summed E-state index contributed by atoms with van der Waals surface area (Å²) >= 11 is 0. The van der Waals surface area contributed by atoms with E-state index in [4.69, 9.17) is 15.6 Å². The van der Waals surface area contributed by atoms with Crippen LogP contribution in [0, 0.1) is 12.3 Å². The monoisotopic (exact) mass is 360 g/mol. The summed E-state index contributed by atoms with van der Waals surface area (Å²) in [5.74, 6) is -0.304. The van der Waals surface area contributed by atoms with E-state index in [-0.39, 0.29) is 11.6 Å². The van der Waals surface area contributed by atoms with Gasteiger partial charge in [0, 0.05) is 22.5 Å². The van der Waals surface area contributed by atoms with E-state index in [9.17, 15) is 4.79 Å². The van der Waals surface area contributed by atoms with Crippen molar-refractivity contribution in [2.45, 2.75) is 6.92 Å². The van der Waals surface area contributed by atoms with Crippen molar-refractivity contribution in [3.8, 4) is 0 Å². The number of imidazole rings is 1. The molecule has 0 saturated carbocycles. The number of aryl methyl sites for hydroxylation is 1. The predicted octanol–water partition coefficient (Wildman–Crippen LogP) is 3.11. The van der Waals surface area contributed by atoms with Crippen molar-refractivity contribution < 1.29 is 9.21 Å². The average Bonchev–Trinajstić information content (AvgIpc) is 3.33. The molecular formula is C19H16N6O2. The molecule has 27 heavy (non-hydrogen) atoms. The summed E-state index contributed by atoms with van der Waals surface area (Å²) in [5.41, 5.74) is 10.6. The summed E-state index contributed by atoms with van der Waals surface area (Å²) in [6.45, 7) is 1.76. The van der Waals surface area contributed by atoms with Gasteiger partial charge in [0.05, 0.1) is 41.3 Å². The van der Waals surface area contributed by atoms with Crippen LogP contribution in [0.25, 0.3) is 11.2 Å². The van der Waals surface area contributed by atoms with Gasteiger partial charge in [-0.05, 0) is 37.3 Å². The van der Waals surface area contributed by atoms with Gasteiger partial charge in [0.2, 0.25) is 0 Å². The van der Waals surface area contributed by atoms with Gasteiger partial charge in [0.1, 0.15) is 0 Å². The number of nitrogens with one attached hydrogen (secondary N) is 3. The fourth-order valence-electron chi connectivity index (χ4n) is 2.80. The van der Waals surface area contributed by atoms with Gasteiger partial charge in [-0.1, -0.05) is 0 Å². The summed E-state index contributed by atoms with van der Waals surface area (Å²) in [4.78, 5) is 24.1. The Hall–Kier alpha value is -3.94. The third kappa shape index (κ3) is 3.04. The first kappa shape index (κ1) is 16.5. The lowest BCUT2D eigenvalue weighted by molar-refractivity contribution is 0.102. The zero-order valence-electron chi connectivity index (χ0n) is 14.4. The summed E-state index contributed by atoms with van der Waals surface area (Å²) < 4.78 is 5.02. The minimum absolute atomic E-state index is 0.217. The number of carbonyl (C=O) groups excluding carboxylic acids is 1. The first-order valence-corrected chi connectivity index (χ1v) is 8.16. The lowest BCUT2D eigenvalue weighted by atomic mass is 10.0. The number of furan rings is 1. The summed E-state index contributed by atoms with van der Waals surface area (Å²) in [6.07, 6.45) is 4.50. The Labute approximate surface area is 154 Å². The van der Waals surface area contributed by atoms with Crippen LogP contribution in [0.3, 0.4) is 0 Å². The molecule has 0 spiro atoms. The van der Waals surface area contributed by atoms with Crippen molar-refractivity contribution in [2.24, 2.45) is 0 Å². The predicted molar refractivity (Wildman–Crippen MR) is 102 cm³/mol. The maximum Gasteiger partial charge on any atom is 0.257 e. The molecule has 0 aliphatic rings. The molecule has 0 aliphatic heterocycles. The quantitative estimate of drug-likeness (QED) is 0.328. The van der Waals surface area contributed by atoms with Crippen molar-refractivity contribution in [1.82, 2.24) is 15.0 Å². The fourth-order valence-corrected chi connectivity index (χ4v) is 2.80. The molecule has 4 aromatic rings. The number of benzene rings is 1. The Morgan fingerprint density at radius 2 is 2.11 bits per heavy atom. The Balaban J connectivity index is 1.64. The molecule has 1 aromatic carbocycles. The third-order valence-electron chi connectivity index (χ3n) is 4.23. The standard InChI is InChI=1S/C19H16N6O2/c1-10-13(7-16-18(24-10)23-9-22-16)19(26)25-12-2-3-15(20)14(6-12)17(21)11-4-5-27-8-11/h2-9,21H,20H2,1H3,(H,25,26)(H,22,23,24). The molecule has 0 saturated heterocycles. The zero-order chi connectivity index (χ0) is 19.0. The SMILES string of the molecule is Cc1nc2nc[nH]c2cc1C(=O)Nc1ccc(N)c(C(=N)c2ccoc2)c1. The van der Waals surface area contributed by atoms with Crippen molar-refractivity contribution in [3.63, 3.8) is 0 Å². The largest absolute Gasteiger partial charge is 0.472 e. The number of nitrogens with two attached hydrogens (primary N) is 1. The third-order valence-corrected chi connectivity index (χ3v) is 4.23. The van der Waals surface area contributed by atoms with E-state index in [0.717, 1.165) is 0 Å². The number of fused-ring (bicyclic) bond motifs is 1. The smallest absolute Gasteiger partial charge is 0.257 e. The Bertz CT molecular complexity index is 1160. The molecule has 0 atom stereocenters. The maximum absolute atomic E-state index is 12.7. The zero-order valence-corrected chi connectivity index (χ0v) is 14.4. The highest BCUT2D eigenvalue weighted by atomic mass is 16.3. The van der Waals surface area contributed by atoms with Crippen LogP contribution in [0.4, 0.5) is 11.4 Å². The van der Waals surface area contributed by atoms with Crippen LogP contribution in [0.2, 0.25) is 0 Å². The molecule has 0 fully saturated rings. The first-order chi connectivity index (χ1) is 13.0. The number of nitrogen functional groups attached to an aromatic ring is 1. The number of hydrogen-bond donors (Lipinski definition) is 4. The summed E-state index contributed by atoms with van der Waals surface area (Å²) in [5, 5.41) is 11.1. The lowest BCUT2D eigenvalue weighted by Gasteiger charge is -2.11. The van der Waals surface area contributed by atoms with E-state index in [1.807, 2.05) is 0 Å². The van der Waals surface area contributed by atoms with Crippen LogP contribution in [0.1, 0.15) is 27.2 Å². The molecule has 0 unspecified atom stereocenters. The molecule has 0 bridgehead atoms. The van der Waals surface area contributed by atoms with E-state index in [1.165, 1.54) is 18.9 Å². The molecule has 8 heteroatoms. The molecule has 5 N–H and O–H groups in total. The first-order valence-electron chi connectivity index (χ1n) is 8.16. The highest BCUT2D eigenvalue weighted by molar-refractivity contribution is 6.14. The molecule has 0 aliphatic carbocycles. The Kier molecular flexibility index (Phi) is 3.92. The van der Waals surface area contributed by atoms with Gasteiger partial charge < -0.3 is 20.5 Å².